The Morgan fingerprint density at radius 3 is 2.57 bits per heavy atom. The molecule has 0 heterocycles. The normalized spacial score (nSPS) is 34.0. The van der Waals surface area contributed by atoms with E-state index in [1.165, 1.54) is 0 Å². The molecular weight excluding hydrogens is 200 g/mol. The molecule has 1 aliphatic carbocycles. The van der Waals surface area contributed by atoms with Gasteiger partial charge in [0, 0.05) is 0 Å². The van der Waals surface area contributed by atoms with E-state index in [9.17, 15) is 8.42 Å². The van der Waals surface area contributed by atoms with Crippen molar-refractivity contribution in [2.75, 3.05) is 6.26 Å². The number of allylic oxidation sites excluding steroid dienone is 1. The Balaban J connectivity index is 2.65. The zero-order valence-electron chi connectivity index (χ0n) is 8.77. The quantitative estimate of drug-likeness (QED) is 0.537. The van der Waals surface area contributed by atoms with Crippen LogP contribution in [-0.4, -0.2) is 20.8 Å². The second-order valence-electron chi connectivity index (χ2n) is 4.03. The van der Waals surface area contributed by atoms with Crippen molar-refractivity contribution in [2.24, 2.45) is 11.8 Å². The van der Waals surface area contributed by atoms with Gasteiger partial charge in [-0.15, -0.1) is 6.58 Å². The van der Waals surface area contributed by atoms with Gasteiger partial charge in [0.15, 0.2) is 0 Å². The molecule has 1 saturated carbocycles. The van der Waals surface area contributed by atoms with Crippen molar-refractivity contribution in [1.82, 2.24) is 0 Å². The lowest BCUT2D eigenvalue weighted by Crippen LogP contribution is -2.33. The fourth-order valence-electron chi connectivity index (χ4n) is 2.05. The average molecular weight is 218 g/mol. The maximum atomic E-state index is 11.0. The summed E-state index contributed by atoms with van der Waals surface area (Å²) in [6.45, 7) is 5.79. The molecule has 0 spiro atoms. The predicted octanol–water partition coefficient (Wildman–Crippen LogP) is 1.95. The molecule has 0 saturated heterocycles. The van der Waals surface area contributed by atoms with Crippen LogP contribution in [0.15, 0.2) is 12.7 Å². The predicted molar refractivity (Wildman–Crippen MR) is 56.4 cm³/mol. The van der Waals surface area contributed by atoms with E-state index in [-0.39, 0.29) is 12.0 Å². The Kier molecular flexibility index (Phi) is 3.72. The molecule has 4 heteroatoms. The third-order valence-corrected chi connectivity index (χ3v) is 3.49. The van der Waals surface area contributed by atoms with Crippen molar-refractivity contribution in [3.8, 4) is 0 Å². The molecule has 0 aliphatic heterocycles. The molecule has 3 atom stereocenters. The summed E-state index contributed by atoms with van der Waals surface area (Å²) in [7, 11) is -3.32. The fourth-order valence-corrected chi connectivity index (χ4v) is 2.77. The van der Waals surface area contributed by atoms with Crippen LogP contribution in [0.3, 0.4) is 0 Å². The maximum absolute atomic E-state index is 11.0. The lowest BCUT2D eigenvalue weighted by molar-refractivity contribution is 0.0854. The van der Waals surface area contributed by atoms with Gasteiger partial charge >= 0.3 is 0 Å². The van der Waals surface area contributed by atoms with Gasteiger partial charge in [-0.1, -0.05) is 19.4 Å². The van der Waals surface area contributed by atoms with Crippen LogP contribution in [0.4, 0.5) is 0 Å². The standard InChI is InChI=1S/C10H18O3S/c1-4-9-6-5-7-10(8(9)2)13-14(3,11)12/h4,8-10H,1,5-7H2,2-3H3/t8-,9-,10+/m1/s1. The second kappa shape index (κ2) is 4.45. The minimum absolute atomic E-state index is 0.165. The highest BCUT2D eigenvalue weighted by atomic mass is 32.2. The van der Waals surface area contributed by atoms with E-state index in [2.05, 4.69) is 6.58 Å². The largest absolute Gasteiger partial charge is 0.267 e. The Labute approximate surface area is 86.3 Å². The summed E-state index contributed by atoms with van der Waals surface area (Å²) in [5.41, 5.74) is 0. The Morgan fingerprint density at radius 2 is 2.07 bits per heavy atom. The van der Waals surface area contributed by atoms with Crippen LogP contribution in [0.25, 0.3) is 0 Å². The Morgan fingerprint density at radius 1 is 1.43 bits per heavy atom. The minimum Gasteiger partial charge on any atom is -0.267 e. The molecule has 0 amide bonds. The summed E-state index contributed by atoms with van der Waals surface area (Å²) in [5.74, 6) is 0.631. The summed E-state index contributed by atoms with van der Waals surface area (Å²) in [4.78, 5) is 0. The molecule has 1 rings (SSSR count). The zero-order valence-corrected chi connectivity index (χ0v) is 9.59. The van der Waals surface area contributed by atoms with Crippen LogP contribution < -0.4 is 0 Å². The summed E-state index contributed by atoms with van der Waals surface area (Å²) in [5, 5.41) is 0. The van der Waals surface area contributed by atoms with Gasteiger partial charge in [-0.3, -0.25) is 4.18 Å². The van der Waals surface area contributed by atoms with E-state index in [1.807, 2.05) is 13.0 Å². The SMILES string of the molecule is C=C[C@@H]1CCC[C@H](OS(C)(=O)=O)[C@@H]1C. The van der Waals surface area contributed by atoms with Crippen molar-refractivity contribution in [2.45, 2.75) is 32.3 Å². The van der Waals surface area contributed by atoms with Crippen LogP contribution >= 0.6 is 0 Å². The molecule has 1 fully saturated rings. The molecule has 0 bridgehead atoms. The fraction of sp³-hybridized carbons (Fsp3) is 0.800. The summed E-state index contributed by atoms with van der Waals surface area (Å²) in [6, 6.07) is 0. The Hall–Kier alpha value is -0.350. The highest BCUT2D eigenvalue weighted by Gasteiger charge is 2.30. The average Bonchev–Trinajstić information content (AvgIpc) is 2.06. The van der Waals surface area contributed by atoms with Crippen LogP contribution in [0.1, 0.15) is 26.2 Å². The first kappa shape index (κ1) is 11.7. The summed E-state index contributed by atoms with van der Waals surface area (Å²) in [6.07, 6.45) is 5.79. The van der Waals surface area contributed by atoms with Crippen molar-refractivity contribution in [3.05, 3.63) is 12.7 Å². The van der Waals surface area contributed by atoms with Crippen molar-refractivity contribution >= 4 is 10.1 Å². The number of hydrogen-bond donors (Lipinski definition) is 0. The lowest BCUT2D eigenvalue weighted by atomic mass is 9.78. The first-order valence-electron chi connectivity index (χ1n) is 4.95. The lowest BCUT2D eigenvalue weighted by Gasteiger charge is -2.33. The highest BCUT2D eigenvalue weighted by Crippen LogP contribution is 2.33. The van der Waals surface area contributed by atoms with Gasteiger partial charge in [0.2, 0.25) is 0 Å². The van der Waals surface area contributed by atoms with Gasteiger partial charge in [0.25, 0.3) is 10.1 Å². The maximum Gasteiger partial charge on any atom is 0.264 e. The van der Waals surface area contributed by atoms with E-state index >= 15 is 0 Å². The topological polar surface area (TPSA) is 43.4 Å². The zero-order chi connectivity index (χ0) is 10.8. The molecule has 0 aromatic rings. The second-order valence-corrected chi connectivity index (χ2v) is 5.63. The van der Waals surface area contributed by atoms with Crippen LogP contribution in [0.2, 0.25) is 0 Å². The van der Waals surface area contributed by atoms with Crippen LogP contribution in [-0.2, 0) is 14.3 Å². The van der Waals surface area contributed by atoms with E-state index < -0.39 is 10.1 Å². The van der Waals surface area contributed by atoms with Crippen molar-refractivity contribution in [1.29, 1.82) is 0 Å². The highest BCUT2D eigenvalue weighted by molar-refractivity contribution is 7.86. The summed E-state index contributed by atoms with van der Waals surface area (Å²) < 4.78 is 27.0. The van der Waals surface area contributed by atoms with E-state index in [4.69, 9.17) is 4.18 Å². The van der Waals surface area contributed by atoms with Crippen LogP contribution in [0.5, 0.6) is 0 Å². The molecule has 0 aromatic carbocycles. The molecule has 0 radical (unpaired) electrons. The number of hydrogen-bond acceptors (Lipinski definition) is 3. The van der Waals surface area contributed by atoms with Crippen LogP contribution in [0, 0.1) is 11.8 Å². The Bertz CT molecular complexity index is 294. The first-order valence-corrected chi connectivity index (χ1v) is 6.76. The third-order valence-electron chi connectivity index (χ3n) is 2.89. The molecule has 0 unspecified atom stereocenters. The van der Waals surface area contributed by atoms with Gasteiger partial charge in [-0.05, 0) is 24.7 Å². The van der Waals surface area contributed by atoms with Gasteiger partial charge in [0.05, 0.1) is 12.4 Å². The molecule has 1 aliphatic rings. The molecule has 3 nitrogen and oxygen atoms in total. The van der Waals surface area contributed by atoms with E-state index in [0.29, 0.717) is 5.92 Å². The molecule has 0 aromatic heterocycles. The van der Waals surface area contributed by atoms with Gasteiger partial charge in [-0.25, -0.2) is 0 Å². The number of rotatable bonds is 3. The third kappa shape index (κ3) is 3.10. The monoisotopic (exact) mass is 218 g/mol. The minimum atomic E-state index is -3.32. The van der Waals surface area contributed by atoms with Gasteiger partial charge < -0.3 is 0 Å². The molecule has 14 heavy (non-hydrogen) atoms. The summed E-state index contributed by atoms with van der Waals surface area (Å²) >= 11 is 0. The molecule has 0 N–H and O–H groups in total. The van der Waals surface area contributed by atoms with Crippen molar-refractivity contribution < 1.29 is 12.6 Å². The first-order chi connectivity index (χ1) is 6.44. The van der Waals surface area contributed by atoms with E-state index in [0.717, 1.165) is 25.5 Å². The smallest absolute Gasteiger partial charge is 0.264 e. The van der Waals surface area contributed by atoms with Gasteiger partial charge in [-0.2, -0.15) is 8.42 Å². The molecular formula is C10H18O3S. The van der Waals surface area contributed by atoms with Crippen molar-refractivity contribution in [3.63, 3.8) is 0 Å². The van der Waals surface area contributed by atoms with E-state index in [1.54, 1.807) is 0 Å². The molecule has 82 valence electrons. The van der Waals surface area contributed by atoms with Gasteiger partial charge in [0.1, 0.15) is 0 Å².